The molecule has 36 heavy (non-hydrogen) atoms. The van der Waals surface area contributed by atoms with Crippen molar-refractivity contribution in [3.8, 4) is 0 Å². The number of rotatable bonds is 8. The molecule has 4 aliphatic rings. The number of carbonyl (C=O) groups is 1. The summed E-state index contributed by atoms with van der Waals surface area (Å²) in [7, 11) is 2.04. The highest BCUT2D eigenvalue weighted by atomic mass is 16.5. The molecule has 3 N–H and O–H groups in total. The summed E-state index contributed by atoms with van der Waals surface area (Å²) in [5, 5.41) is 26.0. The van der Waals surface area contributed by atoms with E-state index in [0.717, 1.165) is 51.5 Å². The number of esters is 1. The van der Waals surface area contributed by atoms with Crippen molar-refractivity contribution in [1.82, 2.24) is 5.32 Å². The largest absolute Gasteiger partial charge is 0.462 e. The number of aliphatic hydroxyl groups is 2. The van der Waals surface area contributed by atoms with Gasteiger partial charge in [0, 0.05) is 12.8 Å². The van der Waals surface area contributed by atoms with Crippen molar-refractivity contribution in [2.45, 2.75) is 118 Å². The van der Waals surface area contributed by atoms with E-state index < -0.39 is 0 Å². The van der Waals surface area contributed by atoms with Gasteiger partial charge >= 0.3 is 5.97 Å². The summed E-state index contributed by atoms with van der Waals surface area (Å²) in [5.74, 6) is 3.15. The van der Waals surface area contributed by atoms with Gasteiger partial charge in [0.1, 0.15) is 6.10 Å². The zero-order valence-electron chi connectivity index (χ0n) is 24.1. The van der Waals surface area contributed by atoms with Gasteiger partial charge in [-0.1, -0.05) is 47.5 Å². The van der Waals surface area contributed by atoms with E-state index in [9.17, 15) is 15.0 Å². The molecule has 208 valence electrons. The fourth-order valence-corrected chi connectivity index (χ4v) is 10.4. The maximum atomic E-state index is 12.3. The molecule has 4 saturated carbocycles. The van der Waals surface area contributed by atoms with Crippen LogP contribution in [0.1, 0.15) is 99.3 Å². The van der Waals surface area contributed by atoms with Crippen LogP contribution in [-0.4, -0.2) is 48.1 Å². The first-order valence-corrected chi connectivity index (χ1v) is 15.1. The fourth-order valence-electron chi connectivity index (χ4n) is 10.4. The third kappa shape index (κ3) is 4.91. The van der Waals surface area contributed by atoms with Crippen LogP contribution in [0.3, 0.4) is 0 Å². The van der Waals surface area contributed by atoms with Crippen LogP contribution in [0.2, 0.25) is 0 Å². The molecular weight excluding hydrogens is 450 g/mol. The van der Waals surface area contributed by atoms with Gasteiger partial charge in [0.15, 0.2) is 0 Å². The predicted molar refractivity (Wildman–Crippen MR) is 144 cm³/mol. The van der Waals surface area contributed by atoms with Crippen molar-refractivity contribution in [3.05, 3.63) is 0 Å². The maximum Gasteiger partial charge on any atom is 0.302 e. The van der Waals surface area contributed by atoms with Crippen molar-refractivity contribution in [2.75, 3.05) is 13.6 Å². The second kappa shape index (κ2) is 10.8. The summed E-state index contributed by atoms with van der Waals surface area (Å²) in [6.07, 6.45) is 8.87. The zero-order valence-corrected chi connectivity index (χ0v) is 24.1. The average molecular weight is 506 g/mol. The number of hydrogen-bond acceptors (Lipinski definition) is 5. The van der Waals surface area contributed by atoms with Gasteiger partial charge in [-0.15, -0.1) is 0 Å². The summed E-state index contributed by atoms with van der Waals surface area (Å²) >= 11 is 0. The maximum absolute atomic E-state index is 12.3. The van der Waals surface area contributed by atoms with Crippen LogP contribution in [0.25, 0.3) is 0 Å². The average Bonchev–Trinajstić information content (AvgIpc) is 3.06. The first-order chi connectivity index (χ1) is 16.9. The Labute approximate surface area is 220 Å². The van der Waals surface area contributed by atoms with Crippen LogP contribution in [-0.2, 0) is 9.53 Å². The summed E-state index contributed by atoms with van der Waals surface area (Å²) in [5.41, 5.74) is 0.150. The standard InChI is InChI=1S/C31H55NO4/c1-18(2)9-8-10-21(17-32-7)28-24-15-26(35)29-23(31(24,6)16-27(28)36-20(4)33)12-11-22-19(3)25(34)13-14-30(22,29)5/h18-19,21-29,32,34-35H,8-17H2,1-7H3/t19?,21?,22?,23-,24?,25+,26+,27-,28?,29-,30-,31+/m0/s1. The number of carbonyl (C=O) groups excluding carboxylic acids is 1. The summed E-state index contributed by atoms with van der Waals surface area (Å²) < 4.78 is 6.13. The van der Waals surface area contributed by atoms with Crippen molar-refractivity contribution in [3.63, 3.8) is 0 Å². The van der Waals surface area contributed by atoms with E-state index >= 15 is 0 Å². The van der Waals surface area contributed by atoms with Crippen LogP contribution < -0.4 is 5.32 Å². The molecule has 4 fully saturated rings. The van der Waals surface area contributed by atoms with Crippen molar-refractivity contribution >= 4 is 5.97 Å². The lowest BCUT2D eigenvalue weighted by Crippen LogP contribution is -2.61. The SMILES string of the molecule is CNCC(CCCC(C)C)C1C2C[C@@H](O)[C@@H]3[C@H](CCC4C(C)[C@H](O)CC[C@@]43C)[C@@]2(C)C[C@@H]1OC(C)=O. The second-order valence-corrected chi connectivity index (χ2v) is 14.3. The Morgan fingerprint density at radius 1 is 1.03 bits per heavy atom. The van der Waals surface area contributed by atoms with E-state index in [-0.39, 0.29) is 41.0 Å². The van der Waals surface area contributed by atoms with Gasteiger partial charge in [-0.25, -0.2) is 0 Å². The van der Waals surface area contributed by atoms with Crippen molar-refractivity contribution < 1.29 is 19.7 Å². The van der Waals surface area contributed by atoms with Crippen molar-refractivity contribution in [2.24, 2.45) is 58.2 Å². The van der Waals surface area contributed by atoms with E-state index in [1.165, 1.54) is 12.8 Å². The number of hydrogen-bond donors (Lipinski definition) is 3. The van der Waals surface area contributed by atoms with E-state index in [2.05, 4.69) is 39.9 Å². The van der Waals surface area contributed by atoms with Gasteiger partial charge in [-0.05, 0) is 111 Å². The molecule has 0 radical (unpaired) electrons. The van der Waals surface area contributed by atoms with Gasteiger partial charge in [0.25, 0.3) is 0 Å². The summed E-state index contributed by atoms with van der Waals surface area (Å²) in [6, 6.07) is 0. The zero-order chi connectivity index (χ0) is 26.4. The molecule has 12 atom stereocenters. The molecule has 0 saturated heterocycles. The molecule has 4 aliphatic carbocycles. The van der Waals surface area contributed by atoms with Gasteiger partial charge in [-0.2, -0.15) is 0 Å². The Morgan fingerprint density at radius 2 is 1.72 bits per heavy atom. The fraction of sp³-hybridized carbons (Fsp3) is 0.968. The highest BCUT2D eigenvalue weighted by molar-refractivity contribution is 5.66. The Balaban J connectivity index is 1.66. The molecular formula is C31H55NO4. The minimum atomic E-state index is -0.312. The van der Waals surface area contributed by atoms with E-state index in [1.54, 1.807) is 6.92 Å². The molecule has 5 unspecified atom stereocenters. The topological polar surface area (TPSA) is 78.8 Å². The minimum absolute atomic E-state index is 0.0570. The Morgan fingerprint density at radius 3 is 2.36 bits per heavy atom. The molecule has 0 spiro atoms. The normalized spacial score (nSPS) is 47.1. The Kier molecular flexibility index (Phi) is 8.54. The molecule has 5 nitrogen and oxygen atoms in total. The second-order valence-electron chi connectivity index (χ2n) is 14.3. The number of nitrogens with one attached hydrogen (secondary N) is 1. The van der Waals surface area contributed by atoms with Crippen LogP contribution >= 0.6 is 0 Å². The highest BCUT2D eigenvalue weighted by Crippen LogP contribution is 2.69. The quantitative estimate of drug-likeness (QED) is 0.384. The van der Waals surface area contributed by atoms with E-state index in [4.69, 9.17) is 4.74 Å². The van der Waals surface area contributed by atoms with Crippen molar-refractivity contribution in [1.29, 1.82) is 0 Å². The van der Waals surface area contributed by atoms with Gasteiger partial charge in [0.2, 0.25) is 0 Å². The molecule has 4 rings (SSSR count). The number of aliphatic hydroxyl groups excluding tert-OH is 2. The van der Waals surface area contributed by atoms with Gasteiger partial charge in [0.05, 0.1) is 12.2 Å². The lowest BCUT2D eigenvalue weighted by Gasteiger charge is -2.64. The predicted octanol–water partition coefficient (Wildman–Crippen LogP) is 5.43. The van der Waals surface area contributed by atoms with Crippen LogP contribution in [0.15, 0.2) is 0 Å². The minimum Gasteiger partial charge on any atom is -0.462 e. The monoisotopic (exact) mass is 505 g/mol. The van der Waals surface area contributed by atoms with Gasteiger partial charge in [-0.3, -0.25) is 4.79 Å². The number of fused-ring (bicyclic) bond motifs is 5. The van der Waals surface area contributed by atoms with E-state index in [0.29, 0.717) is 41.4 Å². The molecule has 0 bridgehead atoms. The first-order valence-electron chi connectivity index (χ1n) is 15.1. The third-order valence-electron chi connectivity index (χ3n) is 11.9. The molecule has 0 heterocycles. The van der Waals surface area contributed by atoms with Crippen LogP contribution in [0.5, 0.6) is 0 Å². The first kappa shape index (κ1) is 28.4. The molecule has 0 aromatic rings. The van der Waals surface area contributed by atoms with E-state index in [1.807, 2.05) is 7.05 Å². The summed E-state index contributed by atoms with van der Waals surface area (Å²) in [4.78, 5) is 12.3. The van der Waals surface area contributed by atoms with Gasteiger partial charge < -0.3 is 20.3 Å². The number of ether oxygens (including phenoxy) is 1. The highest BCUT2D eigenvalue weighted by Gasteiger charge is 2.67. The lowest BCUT2D eigenvalue weighted by molar-refractivity contribution is -0.196. The van der Waals surface area contributed by atoms with Crippen LogP contribution in [0.4, 0.5) is 0 Å². The lowest BCUT2D eigenvalue weighted by atomic mass is 9.41. The summed E-state index contributed by atoms with van der Waals surface area (Å²) in [6.45, 7) is 14.2. The molecule has 0 amide bonds. The van der Waals surface area contributed by atoms with Crippen LogP contribution in [0, 0.1) is 58.2 Å². The Hall–Kier alpha value is -0.650. The third-order valence-corrected chi connectivity index (χ3v) is 11.9. The molecule has 5 heteroatoms. The molecule has 0 aromatic carbocycles. The molecule has 0 aromatic heterocycles. The molecule has 0 aliphatic heterocycles. The smallest absolute Gasteiger partial charge is 0.302 e. The Bertz CT molecular complexity index is 772.